The molecule has 168 valence electrons. The lowest BCUT2D eigenvalue weighted by Crippen LogP contribution is -2.57. The molecule has 3 aromatic rings. The fourth-order valence-corrected chi connectivity index (χ4v) is 5.74. The average Bonchev–Trinajstić information content (AvgIpc) is 3.39. The number of alkyl halides is 1. The summed E-state index contributed by atoms with van der Waals surface area (Å²) in [7, 11) is 0. The number of rotatable bonds is 5. The molecule has 0 spiro atoms. The van der Waals surface area contributed by atoms with Crippen LogP contribution in [0.4, 0.5) is 10.3 Å². The number of halogens is 1. The third kappa shape index (κ3) is 3.71. The van der Waals surface area contributed by atoms with Gasteiger partial charge in [-0.3, -0.25) is 0 Å². The fourth-order valence-electron chi connectivity index (χ4n) is 5.03. The van der Waals surface area contributed by atoms with Crippen molar-refractivity contribution in [2.24, 2.45) is 0 Å². The van der Waals surface area contributed by atoms with Crippen molar-refractivity contribution in [3.63, 3.8) is 0 Å². The normalized spacial score (nSPS) is 26.2. The predicted octanol–water partition coefficient (Wildman–Crippen LogP) is 3.44. The number of nitrogens with zero attached hydrogens (tertiary/aromatic N) is 6. The molecule has 4 atom stereocenters. The highest BCUT2D eigenvalue weighted by atomic mass is 32.1. The van der Waals surface area contributed by atoms with Crippen LogP contribution in [0.3, 0.4) is 0 Å². The summed E-state index contributed by atoms with van der Waals surface area (Å²) in [5.74, 6) is 0.487. The van der Waals surface area contributed by atoms with Crippen molar-refractivity contribution >= 4 is 17.3 Å². The Morgan fingerprint density at radius 1 is 1.15 bits per heavy atom. The topological polar surface area (TPSA) is 111 Å². The zero-order chi connectivity index (χ0) is 22.5. The number of piperidine rings is 1. The summed E-state index contributed by atoms with van der Waals surface area (Å²) < 4.78 is 15.2. The first-order valence-electron chi connectivity index (χ1n) is 11.2. The number of anilines is 1. The molecule has 2 saturated heterocycles. The summed E-state index contributed by atoms with van der Waals surface area (Å²) in [6.45, 7) is 0. The SMILES string of the molecule is N#Cc1cnc(-c2ccc(-c3cnc(N(C4CC4)[C@@H]4C[C@@H]5CC[C@H](N5)[C@@H]4F)nn3)c(O)c2)s1. The van der Waals surface area contributed by atoms with E-state index >= 15 is 4.39 Å². The Balaban J connectivity index is 1.26. The largest absolute Gasteiger partial charge is 0.507 e. The van der Waals surface area contributed by atoms with Crippen LogP contribution in [0.25, 0.3) is 21.8 Å². The van der Waals surface area contributed by atoms with Gasteiger partial charge in [0, 0.05) is 29.3 Å². The molecule has 0 amide bonds. The molecule has 10 heteroatoms. The van der Waals surface area contributed by atoms with E-state index < -0.39 is 6.17 Å². The standard InChI is InChI=1S/C23H22FN7OS/c24-21-17-6-2-13(28-17)8-19(21)31(14-3-4-14)23-27-11-18(29-30-23)16-5-1-12(7-20(16)32)22-26-10-15(9-25)33-22/h1,5,7,10-11,13-14,17,19,21,28,32H,2-4,6,8H2/t13-,17-,19+,21-/m0/s1. The molecule has 0 unspecified atom stereocenters. The van der Waals surface area contributed by atoms with Gasteiger partial charge in [0.15, 0.2) is 0 Å². The highest BCUT2D eigenvalue weighted by Crippen LogP contribution is 2.40. The average molecular weight is 464 g/mol. The second-order valence-electron chi connectivity index (χ2n) is 8.95. The van der Waals surface area contributed by atoms with E-state index in [2.05, 4.69) is 31.6 Å². The Morgan fingerprint density at radius 2 is 2.03 bits per heavy atom. The van der Waals surface area contributed by atoms with Crippen LogP contribution in [-0.2, 0) is 0 Å². The monoisotopic (exact) mass is 463 g/mol. The Bertz CT molecular complexity index is 1220. The van der Waals surface area contributed by atoms with Gasteiger partial charge in [-0.25, -0.2) is 14.4 Å². The summed E-state index contributed by atoms with van der Waals surface area (Å²) in [4.78, 5) is 11.3. The van der Waals surface area contributed by atoms with Crippen molar-refractivity contribution in [1.82, 2.24) is 25.5 Å². The Kier molecular flexibility index (Phi) is 4.96. The van der Waals surface area contributed by atoms with E-state index in [4.69, 9.17) is 5.26 Å². The molecule has 6 rings (SSSR count). The minimum absolute atomic E-state index is 0.0304. The minimum atomic E-state index is -0.948. The molecule has 2 bridgehead atoms. The number of phenolic OH excluding ortho intramolecular Hbond substituents is 1. The summed E-state index contributed by atoms with van der Waals surface area (Å²) in [5, 5.41) is 32.3. The first-order chi connectivity index (χ1) is 16.1. The number of aromatic hydroxyl groups is 1. The van der Waals surface area contributed by atoms with Crippen LogP contribution >= 0.6 is 11.3 Å². The number of benzene rings is 1. The Labute approximate surface area is 194 Å². The molecule has 1 aromatic carbocycles. The Hall–Kier alpha value is -3.16. The van der Waals surface area contributed by atoms with Crippen molar-refractivity contribution < 1.29 is 9.50 Å². The number of phenols is 1. The van der Waals surface area contributed by atoms with Crippen molar-refractivity contribution in [2.45, 2.75) is 62.4 Å². The van der Waals surface area contributed by atoms with Gasteiger partial charge in [-0.1, -0.05) is 6.07 Å². The lowest BCUT2D eigenvalue weighted by molar-refractivity contribution is 0.171. The highest BCUT2D eigenvalue weighted by Gasteiger charge is 2.48. The summed E-state index contributed by atoms with van der Waals surface area (Å²) >= 11 is 1.26. The van der Waals surface area contributed by atoms with Crippen LogP contribution in [0.15, 0.2) is 30.6 Å². The summed E-state index contributed by atoms with van der Waals surface area (Å²) in [5.41, 5.74) is 1.66. The molecular formula is C23H22FN7OS. The van der Waals surface area contributed by atoms with Gasteiger partial charge in [0.05, 0.1) is 18.4 Å². The van der Waals surface area contributed by atoms with E-state index in [-0.39, 0.29) is 23.9 Å². The molecule has 2 aliphatic heterocycles. The van der Waals surface area contributed by atoms with E-state index in [0.29, 0.717) is 33.1 Å². The van der Waals surface area contributed by atoms with Gasteiger partial charge in [0.1, 0.15) is 33.6 Å². The van der Waals surface area contributed by atoms with Gasteiger partial charge in [-0.2, -0.15) is 5.26 Å². The molecule has 1 aliphatic carbocycles. The van der Waals surface area contributed by atoms with Gasteiger partial charge >= 0.3 is 0 Å². The van der Waals surface area contributed by atoms with E-state index in [1.54, 1.807) is 18.3 Å². The third-order valence-electron chi connectivity index (χ3n) is 6.77. The van der Waals surface area contributed by atoms with Crippen LogP contribution in [0, 0.1) is 11.3 Å². The number of aromatic nitrogens is 4. The lowest BCUT2D eigenvalue weighted by Gasteiger charge is -2.40. The molecule has 3 fully saturated rings. The maximum Gasteiger partial charge on any atom is 0.245 e. The van der Waals surface area contributed by atoms with Gasteiger partial charge in [-0.05, 0) is 44.2 Å². The van der Waals surface area contributed by atoms with Crippen molar-refractivity contribution in [2.75, 3.05) is 4.90 Å². The predicted molar refractivity (Wildman–Crippen MR) is 121 cm³/mol. The lowest BCUT2D eigenvalue weighted by atomic mass is 9.96. The van der Waals surface area contributed by atoms with E-state index in [1.807, 2.05) is 11.0 Å². The van der Waals surface area contributed by atoms with Crippen molar-refractivity contribution in [1.29, 1.82) is 5.26 Å². The molecule has 0 radical (unpaired) electrons. The van der Waals surface area contributed by atoms with Crippen LogP contribution in [0.2, 0.25) is 0 Å². The zero-order valence-electron chi connectivity index (χ0n) is 17.7. The summed E-state index contributed by atoms with van der Waals surface area (Å²) in [6, 6.07) is 7.54. The molecule has 33 heavy (non-hydrogen) atoms. The minimum Gasteiger partial charge on any atom is -0.507 e. The van der Waals surface area contributed by atoms with Crippen LogP contribution in [-0.4, -0.2) is 55.6 Å². The molecule has 4 heterocycles. The fraction of sp³-hybridized carbons (Fsp3) is 0.435. The van der Waals surface area contributed by atoms with Gasteiger partial charge in [-0.15, -0.1) is 21.5 Å². The molecule has 2 N–H and O–H groups in total. The summed E-state index contributed by atoms with van der Waals surface area (Å²) in [6.07, 6.45) is 6.85. The molecule has 1 saturated carbocycles. The molecule has 8 nitrogen and oxygen atoms in total. The van der Waals surface area contributed by atoms with Gasteiger partial charge in [0.25, 0.3) is 0 Å². The van der Waals surface area contributed by atoms with Gasteiger partial charge in [0.2, 0.25) is 5.95 Å². The van der Waals surface area contributed by atoms with Gasteiger partial charge < -0.3 is 15.3 Å². The molecule has 2 aromatic heterocycles. The van der Waals surface area contributed by atoms with Crippen molar-refractivity contribution in [3.05, 3.63) is 35.5 Å². The first kappa shape index (κ1) is 20.4. The highest BCUT2D eigenvalue weighted by molar-refractivity contribution is 7.15. The van der Waals surface area contributed by atoms with Crippen LogP contribution < -0.4 is 10.2 Å². The number of nitriles is 1. The number of fused-ring (bicyclic) bond motifs is 2. The zero-order valence-corrected chi connectivity index (χ0v) is 18.5. The number of thiazole rings is 1. The maximum atomic E-state index is 15.2. The van der Waals surface area contributed by atoms with E-state index in [1.165, 1.54) is 17.5 Å². The van der Waals surface area contributed by atoms with E-state index in [0.717, 1.165) is 37.7 Å². The van der Waals surface area contributed by atoms with Crippen LogP contribution in [0.5, 0.6) is 5.75 Å². The first-order valence-corrected chi connectivity index (χ1v) is 12.0. The number of nitrogens with one attached hydrogen (secondary N) is 1. The Morgan fingerprint density at radius 3 is 2.73 bits per heavy atom. The van der Waals surface area contributed by atoms with E-state index in [9.17, 15) is 5.11 Å². The second-order valence-corrected chi connectivity index (χ2v) is 9.98. The second kappa shape index (κ2) is 8.01. The quantitative estimate of drug-likeness (QED) is 0.592. The number of hydrogen-bond donors (Lipinski definition) is 2. The van der Waals surface area contributed by atoms with Crippen LogP contribution in [0.1, 0.15) is 37.0 Å². The third-order valence-corrected chi connectivity index (χ3v) is 7.72. The molecular weight excluding hydrogens is 441 g/mol. The smallest absolute Gasteiger partial charge is 0.245 e. The van der Waals surface area contributed by atoms with Crippen molar-refractivity contribution in [3.8, 4) is 33.6 Å². The molecule has 3 aliphatic rings. The number of hydrogen-bond acceptors (Lipinski definition) is 9. The maximum absolute atomic E-state index is 15.2.